The Morgan fingerprint density at radius 3 is 2.29 bits per heavy atom. The van der Waals surface area contributed by atoms with E-state index in [1.54, 1.807) is 19.1 Å². The maximum absolute atomic E-state index is 12.7. The highest BCUT2D eigenvalue weighted by molar-refractivity contribution is 5.79. The molecule has 0 bridgehead atoms. The van der Waals surface area contributed by atoms with Gasteiger partial charge in [-0.05, 0) is 29.7 Å². The van der Waals surface area contributed by atoms with E-state index in [2.05, 4.69) is 0 Å². The second-order valence-electron chi connectivity index (χ2n) is 6.01. The van der Waals surface area contributed by atoms with E-state index in [-0.39, 0.29) is 24.5 Å². The van der Waals surface area contributed by atoms with Gasteiger partial charge in [0.2, 0.25) is 5.91 Å². The van der Waals surface area contributed by atoms with Gasteiger partial charge in [-0.1, -0.05) is 49.4 Å². The van der Waals surface area contributed by atoms with Gasteiger partial charge in [0.05, 0.1) is 19.8 Å². The van der Waals surface area contributed by atoms with E-state index in [0.717, 1.165) is 16.9 Å². The summed E-state index contributed by atoms with van der Waals surface area (Å²) in [5.74, 6) is 0.625. The van der Waals surface area contributed by atoms with Gasteiger partial charge in [-0.15, -0.1) is 0 Å². The van der Waals surface area contributed by atoms with Crippen LogP contribution < -0.4 is 4.74 Å². The van der Waals surface area contributed by atoms with Gasteiger partial charge in [0.15, 0.2) is 0 Å². The minimum atomic E-state index is -0.360. The molecule has 0 fully saturated rings. The van der Waals surface area contributed by atoms with Gasteiger partial charge < -0.3 is 14.7 Å². The Kier molecular flexibility index (Phi) is 6.38. The Morgan fingerprint density at radius 2 is 1.75 bits per heavy atom. The first-order chi connectivity index (χ1) is 11.6. The molecule has 0 saturated carbocycles. The first kappa shape index (κ1) is 18.0. The van der Waals surface area contributed by atoms with E-state index in [0.29, 0.717) is 6.42 Å². The minimum Gasteiger partial charge on any atom is -0.497 e. The molecule has 0 radical (unpaired) electrons. The fraction of sp³-hybridized carbons (Fsp3) is 0.350. The number of aliphatic hydroxyl groups excluding tert-OH is 1. The zero-order chi connectivity index (χ0) is 17.5. The molecule has 2 unspecified atom stereocenters. The third-order valence-corrected chi connectivity index (χ3v) is 4.29. The molecule has 1 amide bonds. The van der Waals surface area contributed by atoms with Gasteiger partial charge in [0, 0.05) is 13.0 Å². The lowest BCUT2D eigenvalue weighted by Gasteiger charge is -2.29. The van der Waals surface area contributed by atoms with E-state index in [1.807, 2.05) is 61.5 Å². The predicted octanol–water partition coefficient (Wildman–Crippen LogP) is 3.07. The molecule has 0 aliphatic heterocycles. The van der Waals surface area contributed by atoms with Gasteiger partial charge in [0.1, 0.15) is 5.75 Å². The number of aliphatic hydroxyl groups is 1. The van der Waals surface area contributed by atoms with Crippen LogP contribution in [0, 0.1) is 5.92 Å². The lowest BCUT2D eigenvalue weighted by atomic mass is 9.98. The van der Waals surface area contributed by atoms with Gasteiger partial charge in [-0.2, -0.15) is 0 Å². The summed E-state index contributed by atoms with van der Waals surface area (Å²) in [5.41, 5.74) is 2.03. The van der Waals surface area contributed by atoms with Crippen LogP contribution >= 0.6 is 0 Å². The Labute approximate surface area is 143 Å². The zero-order valence-electron chi connectivity index (χ0n) is 14.5. The molecular weight excluding hydrogens is 302 g/mol. The quantitative estimate of drug-likeness (QED) is 0.850. The van der Waals surface area contributed by atoms with Crippen molar-refractivity contribution in [1.29, 1.82) is 0 Å². The SMILES string of the molecule is COc1ccc(C(CO)N(C)C(=O)C(C)Cc2ccccc2)cc1. The van der Waals surface area contributed by atoms with Crippen molar-refractivity contribution >= 4 is 5.91 Å². The van der Waals surface area contributed by atoms with Crippen LogP contribution in [0.3, 0.4) is 0 Å². The van der Waals surface area contributed by atoms with E-state index < -0.39 is 0 Å². The molecule has 2 aromatic rings. The van der Waals surface area contributed by atoms with Gasteiger partial charge in [-0.3, -0.25) is 4.79 Å². The number of likely N-dealkylation sites (N-methyl/N-ethyl adjacent to an activating group) is 1. The molecule has 0 heterocycles. The number of hydrogen-bond acceptors (Lipinski definition) is 3. The van der Waals surface area contributed by atoms with Crippen molar-refractivity contribution in [2.24, 2.45) is 5.92 Å². The van der Waals surface area contributed by atoms with Crippen molar-refractivity contribution in [3.8, 4) is 5.75 Å². The average molecular weight is 327 g/mol. The molecular formula is C20H25NO3. The van der Waals surface area contributed by atoms with Gasteiger partial charge in [0.25, 0.3) is 0 Å². The van der Waals surface area contributed by atoms with Crippen LogP contribution in [-0.4, -0.2) is 36.7 Å². The van der Waals surface area contributed by atoms with Crippen molar-refractivity contribution in [3.63, 3.8) is 0 Å². The van der Waals surface area contributed by atoms with Crippen molar-refractivity contribution in [3.05, 3.63) is 65.7 Å². The molecule has 2 aromatic carbocycles. The topological polar surface area (TPSA) is 49.8 Å². The standard InChI is InChI=1S/C20H25NO3/c1-15(13-16-7-5-4-6-8-16)20(23)21(2)19(14-22)17-9-11-18(24-3)12-10-17/h4-12,15,19,22H,13-14H2,1-3H3. The smallest absolute Gasteiger partial charge is 0.226 e. The first-order valence-corrected chi connectivity index (χ1v) is 8.12. The molecule has 128 valence electrons. The fourth-order valence-electron chi connectivity index (χ4n) is 2.83. The van der Waals surface area contributed by atoms with Crippen molar-refractivity contribution in [2.45, 2.75) is 19.4 Å². The fourth-order valence-corrected chi connectivity index (χ4v) is 2.83. The molecule has 0 aliphatic carbocycles. The number of carbonyl (C=O) groups is 1. The molecule has 24 heavy (non-hydrogen) atoms. The van der Waals surface area contributed by atoms with Crippen LogP contribution in [0.25, 0.3) is 0 Å². The highest BCUT2D eigenvalue weighted by Gasteiger charge is 2.25. The molecule has 0 spiro atoms. The lowest BCUT2D eigenvalue weighted by Crippen LogP contribution is -2.37. The zero-order valence-corrected chi connectivity index (χ0v) is 14.5. The Bertz CT molecular complexity index is 640. The monoisotopic (exact) mass is 327 g/mol. The maximum atomic E-state index is 12.7. The number of rotatable bonds is 7. The van der Waals surface area contributed by atoms with Crippen molar-refractivity contribution in [1.82, 2.24) is 4.90 Å². The highest BCUT2D eigenvalue weighted by atomic mass is 16.5. The highest BCUT2D eigenvalue weighted by Crippen LogP contribution is 2.24. The van der Waals surface area contributed by atoms with Crippen molar-refractivity contribution in [2.75, 3.05) is 20.8 Å². The van der Waals surface area contributed by atoms with E-state index in [4.69, 9.17) is 4.74 Å². The summed E-state index contributed by atoms with van der Waals surface area (Å²) in [4.78, 5) is 14.4. The third kappa shape index (κ3) is 4.36. The third-order valence-electron chi connectivity index (χ3n) is 4.29. The molecule has 1 N–H and O–H groups in total. The minimum absolute atomic E-state index is 0.0220. The van der Waals surface area contributed by atoms with Crippen LogP contribution in [0.1, 0.15) is 24.1 Å². The maximum Gasteiger partial charge on any atom is 0.226 e. The normalized spacial score (nSPS) is 13.2. The predicted molar refractivity (Wildman–Crippen MR) is 94.9 cm³/mol. The molecule has 2 atom stereocenters. The Hall–Kier alpha value is -2.33. The van der Waals surface area contributed by atoms with Gasteiger partial charge >= 0.3 is 0 Å². The largest absolute Gasteiger partial charge is 0.497 e. The second-order valence-corrected chi connectivity index (χ2v) is 6.01. The van der Waals surface area contributed by atoms with E-state index in [9.17, 15) is 9.90 Å². The Morgan fingerprint density at radius 1 is 1.12 bits per heavy atom. The summed E-state index contributed by atoms with van der Waals surface area (Å²) in [6.45, 7) is 1.81. The second kappa shape index (κ2) is 8.50. The molecule has 4 heteroatoms. The summed E-state index contributed by atoms with van der Waals surface area (Å²) in [5, 5.41) is 9.77. The number of benzene rings is 2. The van der Waals surface area contributed by atoms with E-state index in [1.165, 1.54) is 0 Å². The average Bonchev–Trinajstić information content (AvgIpc) is 2.63. The number of ether oxygens (including phenoxy) is 1. The number of methoxy groups -OCH3 is 1. The Balaban J connectivity index is 2.08. The number of amides is 1. The van der Waals surface area contributed by atoms with E-state index >= 15 is 0 Å². The summed E-state index contributed by atoms with van der Waals surface area (Å²) < 4.78 is 5.15. The molecule has 0 aromatic heterocycles. The van der Waals surface area contributed by atoms with Crippen LogP contribution in [0.15, 0.2) is 54.6 Å². The molecule has 4 nitrogen and oxygen atoms in total. The number of nitrogens with zero attached hydrogens (tertiary/aromatic N) is 1. The van der Waals surface area contributed by atoms with Crippen molar-refractivity contribution < 1.29 is 14.6 Å². The summed E-state index contributed by atoms with van der Waals surface area (Å²) in [7, 11) is 3.36. The number of hydrogen-bond donors (Lipinski definition) is 1. The van der Waals surface area contributed by atoms with Crippen LogP contribution in [0.4, 0.5) is 0 Å². The summed E-state index contributed by atoms with van der Waals surface area (Å²) in [6, 6.07) is 17.0. The first-order valence-electron chi connectivity index (χ1n) is 8.12. The number of carbonyl (C=O) groups excluding carboxylic acids is 1. The van der Waals surface area contributed by atoms with Crippen LogP contribution in [0.2, 0.25) is 0 Å². The summed E-state index contributed by atoms with van der Waals surface area (Å²) in [6.07, 6.45) is 0.685. The molecule has 2 rings (SSSR count). The van der Waals surface area contributed by atoms with Crippen LogP contribution in [-0.2, 0) is 11.2 Å². The van der Waals surface area contributed by atoms with Crippen LogP contribution in [0.5, 0.6) is 5.75 Å². The lowest BCUT2D eigenvalue weighted by molar-refractivity contribution is -0.136. The molecule has 0 saturated heterocycles. The van der Waals surface area contributed by atoms with Gasteiger partial charge in [-0.25, -0.2) is 0 Å². The molecule has 0 aliphatic rings. The summed E-state index contributed by atoms with van der Waals surface area (Å²) >= 11 is 0.